The maximum Gasteiger partial charge on any atom is 0.0786 e. The van der Waals surface area contributed by atoms with Crippen molar-refractivity contribution in [1.82, 2.24) is 0 Å². The molecule has 0 heterocycles. The zero-order chi connectivity index (χ0) is 14.4. The molecular formula is C18H41NO. The molecule has 2 heteroatoms. The van der Waals surface area contributed by atoms with Gasteiger partial charge in [0, 0.05) is 0 Å². The first-order valence-electron chi connectivity index (χ1n) is 9.09. The van der Waals surface area contributed by atoms with E-state index < -0.39 is 0 Å². The number of rotatable bonds is 14. The zero-order valence-electron chi connectivity index (χ0n) is 14.8. The van der Waals surface area contributed by atoms with Crippen molar-refractivity contribution in [2.45, 2.75) is 91.9 Å². The van der Waals surface area contributed by atoms with Crippen LogP contribution in [0.5, 0.6) is 0 Å². The van der Waals surface area contributed by atoms with Crippen LogP contribution in [-0.4, -0.2) is 36.1 Å². The lowest BCUT2D eigenvalue weighted by Crippen LogP contribution is -2.49. The minimum Gasteiger partial charge on any atom is -0.870 e. The third-order valence-corrected chi connectivity index (χ3v) is 4.81. The summed E-state index contributed by atoms with van der Waals surface area (Å²) >= 11 is 0. The van der Waals surface area contributed by atoms with E-state index in [4.69, 9.17) is 0 Å². The summed E-state index contributed by atoms with van der Waals surface area (Å²) in [5.74, 6) is 0. The fraction of sp³-hybridized carbons (Fsp3) is 1.00. The van der Waals surface area contributed by atoms with Gasteiger partial charge >= 0.3 is 0 Å². The van der Waals surface area contributed by atoms with Crippen LogP contribution in [0.25, 0.3) is 0 Å². The molecule has 0 bridgehead atoms. The van der Waals surface area contributed by atoms with Gasteiger partial charge in [0.05, 0.1) is 26.2 Å². The number of nitrogens with zero attached hydrogens (tertiary/aromatic N) is 1. The Morgan fingerprint density at radius 3 is 1.30 bits per heavy atom. The topological polar surface area (TPSA) is 30.0 Å². The molecule has 2 nitrogen and oxygen atoms in total. The summed E-state index contributed by atoms with van der Waals surface area (Å²) in [6, 6.07) is 0. The number of unbranched alkanes of at least 4 members (excludes halogenated alkanes) is 8. The van der Waals surface area contributed by atoms with Gasteiger partial charge in [0.1, 0.15) is 0 Å². The Labute approximate surface area is 128 Å². The smallest absolute Gasteiger partial charge is 0.0786 e. The normalized spacial score (nSPS) is 11.4. The third kappa shape index (κ3) is 10.7. The highest BCUT2D eigenvalue weighted by molar-refractivity contribution is 4.48. The van der Waals surface area contributed by atoms with Gasteiger partial charge in [-0.1, -0.05) is 52.4 Å². The molecule has 0 unspecified atom stereocenters. The zero-order valence-corrected chi connectivity index (χ0v) is 14.8. The third-order valence-electron chi connectivity index (χ3n) is 4.81. The van der Waals surface area contributed by atoms with Crippen LogP contribution in [0.15, 0.2) is 0 Å². The second-order valence-corrected chi connectivity index (χ2v) is 6.25. The van der Waals surface area contributed by atoms with Crippen LogP contribution in [0.1, 0.15) is 91.9 Å². The number of quaternary nitrogens is 1. The van der Waals surface area contributed by atoms with Gasteiger partial charge < -0.3 is 9.96 Å². The molecule has 1 N–H and O–H groups in total. The Morgan fingerprint density at radius 1 is 0.500 bits per heavy atom. The quantitative estimate of drug-likeness (QED) is 0.302. The average Bonchev–Trinajstić information content (AvgIpc) is 2.45. The molecular weight excluding hydrogens is 246 g/mol. The molecule has 124 valence electrons. The Balaban J connectivity index is 0. The molecule has 0 fully saturated rings. The Kier molecular flexibility index (Phi) is 17.0. The molecule has 0 amide bonds. The van der Waals surface area contributed by atoms with E-state index in [0.29, 0.717) is 0 Å². The van der Waals surface area contributed by atoms with Crippen molar-refractivity contribution in [3.8, 4) is 0 Å². The predicted molar refractivity (Wildman–Crippen MR) is 90.5 cm³/mol. The molecule has 0 aliphatic heterocycles. The Morgan fingerprint density at radius 2 is 0.850 bits per heavy atom. The van der Waals surface area contributed by atoms with Crippen LogP contribution in [0, 0.1) is 0 Å². The van der Waals surface area contributed by atoms with Crippen LogP contribution < -0.4 is 0 Å². The van der Waals surface area contributed by atoms with Crippen molar-refractivity contribution < 1.29 is 9.96 Å². The largest absolute Gasteiger partial charge is 0.870 e. The molecule has 0 aromatic heterocycles. The first kappa shape index (κ1) is 22.2. The van der Waals surface area contributed by atoms with Gasteiger partial charge in [-0.3, -0.25) is 0 Å². The molecule has 0 spiro atoms. The summed E-state index contributed by atoms with van der Waals surface area (Å²) in [6.07, 6.45) is 14.3. The monoisotopic (exact) mass is 287 g/mol. The van der Waals surface area contributed by atoms with Crippen LogP contribution in [0.2, 0.25) is 0 Å². The summed E-state index contributed by atoms with van der Waals surface area (Å²) in [5, 5.41) is 0. The molecule has 0 saturated carbocycles. The molecule has 0 aliphatic carbocycles. The van der Waals surface area contributed by atoms with E-state index in [1.807, 2.05) is 0 Å². The summed E-state index contributed by atoms with van der Waals surface area (Å²) < 4.78 is 1.37. The van der Waals surface area contributed by atoms with E-state index >= 15 is 0 Å². The predicted octanol–water partition coefficient (Wildman–Crippen LogP) is 5.61. The fourth-order valence-electron chi connectivity index (χ4n) is 3.07. The SMILES string of the molecule is CCCCCCCCC[N+](CC)(CC)CCCCC.[OH-]. The highest BCUT2D eigenvalue weighted by atomic mass is 16.0. The number of hydrogen-bond acceptors (Lipinski definition) is 1. The van der Waals surface area contributed by atoms with Crippen molar-refractivity contribution in [2.75, 3.05) is 26.2 Å². The maximum absolute atomic E-state index is 2.39. The maximum atomic E-state index is 2.39. The van der Waals surface area contributed by atoms with Gasteiger partial charge in [-0.15, -0.1) is 0 Å². The van der Waals surface area contributed by atoms with Crippen molar-refractivity contribution >= 4 is 0 Å². The second-order valence-electron chi connectivity index (χ2n) is 6.25. The first-order chi connectivity index (χ1) is 9.24. The second kappa shape index (κ2) is 15.3. The van der Waals surface area contributed by atoms with E-state index in [1.165, 1.54) is 94.9 Å². The van der Waals surface area contributed by atoms with Crippen molar-refractivity contribution in [1.29, 1.82) is 0 Å². The molecule has 0 aromatic carbocycles. The highest BCUT2D eigenvalue weighted by Gasteiger charge is 2.21. The lowest BCUT2D eigenvalue weighted by Gasteiger charge is -2.37. The van der Waals surface area contributed by atoms with Gasteiger partial charge in [-0.2, -0.15) is 0 Å². The summed E-state index contributed by atoms with van der Waals surface area (Å²) in [7, 11) is 0. The lowest BCUT2D eigenvalue weighted by molar-refractivity contribution is -0.925. The van der Waals surface area contributed by atoms with Crippen molar-refractivity contribution in [3.05, 3.63) is 0 Å². The van der Waals surface area contributed by atoms with E-state index in [2.05, 4.69) is 27.7 Å². The fourth-order valence-corrected chi connectivity index (χ4v) is 3.07. The van der Waals surface area contributed by atoms with Crippen LogP contribution in [0.4, 0.5) is 0 Å². The lowest BCUT2D eigenvalue weighted by atomic mass is 10.1. The van der Waals surface area contributed by atoms with Gasteiger partial charge in [0.15, 0.2) is 0 Å². The summed E-state index contributed by atoms with van der Waals surface area (Å²) in [6.45, 7) is 14.9. The highest BCUT2D eigenvalue weighted by Crippen LogP contribution is 2.14. The first-order valence-corrected chi connectivity index (χ1v) is 9.09. The molecule has 0 rings (SSSR count). The van der Waals surface area contributed by atoms with E-state index in [9.17, 15) is 0 Å². The van der Waals surface area contributed by atoms with Crippen LogP contribution in [0.3, 0.4) is 0 Å². The molecule has 0 atom stereocenters. The molecule has 0 aromatic rings. The van der Waals surface area contributed by atoms with E-state index in [0.717, 1.165) is 0 Å². The van der Waals surface area contributed by atoms with Gasteiger partial charge in [-0.05, 0) is 39.5 Å². The van der Waals surface area contributed by atoms with Gasteiger partial charge in [-0.25, -0.2) is 0 Å². The molecule has 0 saturated heterocycles. The van der Waals surface area contributed by atoms with Crippen LogP contribution >= 0.6 is 0 Å². The average molecular weight is 288 g/mol. The Hall–Kier alpha value is -0.0800. The van der Waals surface area contributed by atoms with Gasteiger partial charge in [0.2, 0.25) is 0 Å². The number of hydrogen-bond donors (Lipinski definition) is 0. The summed E-state index contributed by atoms with van der Waals surface area (Å²) in [5.41, 5.74) is 0. The Bertz CT molecular complexity index is 178. The van der Waals surface area contributed by atoms with E-state index in [1.54, 1.807) is 0 Å². The van der Waals surface area contributed by atoms with Gasteiger partial charge in [0.25, 0.3) is 0 Å². The van der Waals surface area contributed by atoms with Crippen molar-refractivity contribution in [3.63, 3.8) is 0 Å². The molecule has 20 heavy (non-hydrogen) atoms. The van der Waals surface area contributed by atoms with E-state index in [-0.39, 0.29) is 5.48 Å². The summed E-state index contributed by atoms with van der Waals surface area (Å²) in [4.78, 5) is 0. The van der Waals surface area contributed by atoms with Crippen molar-refractivity contribution in [2.24, 2.45) is 0 Å². The minimum absolute atomic E-state index is 0. The van der Waals surface area contributed by atoms with Crippen LogP contribution in [-0.2, 0) is 0 Å². The minimum atomic E-state index is 0. The standard InChI is InChI=1S/C18H40N.H2O/c1-5-9-11-12-13-14-16-18-19(7-3,8-4)17-15-10-6-2;/h5-18H2,1-4H3;1H2/q+1;/p-1. The molecule has 0 aliphatic rings. The molecule has 0 radical (unpaired) electrons.